The number of aliphatic carboxylic acids is 1. The summed E-state index contributed by atoms with van der Waals surface area (Å²) in [5, 5.41) is 8.62. The molecule has 1 aromatic rings. The largest absolute Gasteiger partial charge is 0.480 e. The zero-order chi connectivity index (χ0) is 8.97. The number of hydrogen-bond acceptors (Lipinski definition) is 2. The Balaban J connectivity index is 2.95. The maximum Gasteiger partial charge on any atom is 0.322 e. The molecule has 1 aromatic carbocycles. The van der Waals surface area contributed by atoms with Crippen molar-refractivity contribution >= 4 is 14.4 Å². The summed E-state index contributed by atoms with van der Waals surface area (Å²) < 4.78 is 10.5. The molecule has 0 aliphatic carbocycles. The van der Waals surface area contributed by atoms with Crippen LogP contribution in [0.2, 0.25) is 0 Å². The SMILES string of the molecule is O=PC(C(=O)O)c1ccccc1. The molecule has 1 atom stereocenters. The quantitative estimate of drug-likeness (QED) is 0.728. The van der Waals surface area contributed by atoms with E-state index < -0.39 is 11.6 Å². The fourth-order valence-corrected chi connectivity index (χ4v) is 1.27. The zero-order valence-electron chi connectivity index (χ0n) is 6.18. The Labute approximate surface area is 71.2 Å². The molecule has 0 amide bonds. The molecule has 0 saturated carbocycles. The first-order valence-electron chi connectivity index (χ1n) is 3.36. The van der Waals surface area contributed by atoms with Crippen molar-refractivity contribution in [2.45, 2.75) is 5.66 Å². The summed E-state index contributed by atoms with van der Waals surface area (Å²) >= 11 is 0. The predicted molar refractivity (Wildman–Crippen MR) is 44.4 cm³/mol. The van der Waals surface area contributed by atoms with Crippen LogP contribution in [0.5, 0.6) is 0 Å². The summed E-state index contributed by atoms with van der Waals surface area (Å²) in [4.78, 5) is 10.5. The number of hydrogen-bond donors (Lipinski definition) is 1. The van der Waals surface area contributed by atoms with Gasteiger partial charge in [0.25, 0.3) is 0 Å². The maximum atomic E-state index is 10.5. The van der Waals surface area contributed by atoms with Crippen molar-refractivity contribution in [3.63, 3.8) is 0 Å². The van der Waals surface area contributed by atoms with Crippen molar-refractivity contribution in [2.75, 3.05) is 0 Å². The molecule has 3 nitrogen and oxygen atoms in total. The number of rotatable bonds is 3. The van der Waals surface area contributed by atoms with E-state index in [0.29, 0.717) is 5.56 Å². The van der Waals surface area contributed by atoms with Gasteiger partial charge in [0.2, 0.25) is 0 Å². The van der Waals surface area contributed by atoms with E-state index >= 15 is 0 Å². The van der Waals surface area contributed by atoms with Crippen LogP contribution in [-0.4, -0.2) is 11.1 Å². The van der Waals surface area contributed by atoms with Crippen molar-refractivity contribution in [3.05, 3.63) is 35.9 Å². The standard InChI is InChI=1S/C8H7O3P/c9-8(10)7(12-11)6-4-2-1-3-5-6/h1-5,7H,(H,9,10). The van der Waals surface area contributed by atoms with Crippen LogP contribution in [0.25, 0.3) is 0 Å². The Hall–Kier alpha value is -1.21. The summed E-state index contributed by atoms with van der Waals surface area (Å²) in [6, 6.07) is 8.50. The van der Waals surface area contributed by atoms with Gasteiger partial charge in [0.15, 0.2) is 14.1 Å². The van der Waals surface area contributed by atoms with Gasteiger partial charge in [0.05, 0.1) is 0 Å². The molecule has 12 heavy (non-hydrogen) atoms. The second-order valence-corrected chi connectivity index (χ2v) is 2.98. The van der Waals surface area contributed by atoms with E-state index in [1.807, 2.05) is 0 Å². The van der Waals surface area contributed by atoms with Gasteiger partial charge in [-0.3, -0.25) is 9.36 Å². The first-order valence-corrected chi connectivity index (χ1v) is 4.24. The topological polar surface area (TPSA) is 54.4 Å². The molecular formula is C8H7O3P. The minimum atomic E-state index is -1.07. The van der Waals surface area contributed by atoms with E-state index in [-0.39, 0.29) is 8.46 Å². The second-order valence-electron chi connectivity index (χ2n) is 2.26. The summed E-state index contributed by atoms with van der Waals surface area (Å²) in [7, 11) is -0.381. The highest BCUT2D eigenvalue weighted by atomic mass is 31.1. The Kier molecular flexibility index (Phi) is 2.94. The van der Waals surface area contributed by atoms with Gasteiger partial charge in [0.1, 0.15) is 0 Å². The Morgan fingerprint density at radius 2 is 1.92 bits per heavy atom. The van der Waals surface area contributed by atoms with Gasteiger partial charge in [0, 0.05) is 0 Å². The van der Waals surface area contributed by atoms with Gasteiger partial charge >= 0.3 is 5.97 Å². The van der Waals surface area contributed by atoms with Crippen LogP contribution in [0.15, 0.2) is 30.3 Å². The van der Waals surface area contributed by atoms with Crippen molar-refractivity contribution in [1.29, 1.82) is 0 Å². The highest BCUT2D eigenvalue weighted by Crippen LogP contribution is 2.26. The fourth-order valence-electron chi connectivity index (χ4n) is 0.884. The molecule has 4 heteroatoms. The molecule has 0 fully saturated rings. The summed E-state index contributed by atoms with van der Waals surface area (Å²) in [6.07, 6.45) is 0. The molecular weight excluding hydrogens is 175 g/mol. The molecule has 0 aliphatic heterocycles. The third kappa shape index (κ3) is 1.89. The monoisotopic (exact) mass is 182 g/mol. The van der Waals surface area contributed by atoms with E-state index in [2.05, 4.69) is 0 Å². The lowest BCUT2D eigenvalue weighted by molar-refractivity contribution is -0.136. The van der Waals surface area contributed by atoms with Gasteiger partial charge in [-0.1, -0.05) is 30.3 Å². The Bertz CT molecular complexity index is 284. The molecule has 0 saturated heterocycles. The zero-order valence-corrected chi connectivity index (χ0v) is 7.07. The molecule has 1 N–H and O–H groups in total. The molecule has 0 radical (unpaired) electrons. The third-order valence-corrected chi connectivity index (χ3v) is 2.18. The third-order valence-electron chi connectivity index (χ3n) is 1.45. The number of carbonyl (C=O) groups is 1. The van der Waals surface area contributed by atoms with Gasteiger partial charge in [-0.05, 0) is 5.56 Å². The summed E-state index contributed by atoms with van der Waals surface area (Å²) in [5.41, 5.74) is -0.382. The van der Waals surface area contributed by atoms with Crippen molar-refractivity contribution in [1.82, 2.24) is 0 Å². The van der Waals surface area contributed by atoms with Crippen LogP contribution in [0.3, 0.4) is 0 Å². The first-order chi connectivity index (χ1) is 5.75. The lowest BCUT2D eigenvalue weighted by Gasteiger charge is -2.01. The maximum absolute atomic E-state index is 10.5. The van der Waals surface area contributed by atoms with E-state index in [1.54, 1.807) is 30.3 Å². The van der Waals surface area contributed by atoms with Crippen LogP contribution in [0.4, 0.5) is 0 Å². The molecule has 0 heterocycles. The van der Waals surface area contributed by atoms with Crippen LogP contribution >= 0.6 is 8.46 Å². The van der Waals surface area contributed by atoms with Crippen LogP contribution in [-0.2, 0) is 9.36 Å². The average molecular weight is 182 g/mol. The normalized spacial score (nSPS) is 12.7. The highest BCUT2D eigenvalue weighted by Gasteiger charge is 2.18. The molecule has 0 aromatic heterocycles. The van der Waals surface area contributed by atoms with Crippen molar-refractivity contribution in [3.8, 4) is 0 Å². The number of benzene rings is 1. The smallest absolute Gasteiger partial charge is 0.322 e. The van der Waals surface area contributed by atoms with Crippen molar-refractivity contribution < 1.29 is 14.5 Å². The van der Waals surface area contributed by atoms with Gasteiger partial charge in [-0.2, -0.15) is 0 Å². The predicted octanol–water partition coefficient (Wildman–Crippen LogP) is 2.10. The molecule has 0 spiro atoms. The summed E-state index contributed by atoms with van der Waals surface area (Å²) in [5.74, 6) is -1.07. The Morgan fingerprint density at radius 1 is 1.33 bits per heavy atom. The molecule has 0 bridgehead atoms. The molecule has 1 unspecified atom stereocenters. The molecule has 1 rings (SSSR count). The molecule has 0 aliphatic rings. The van der Waals surface area contributed by atoms with Crippen molar-refractivity contribution in [2.24, 2.45) is 0 Å². The molecule has 62 valence electrons. The highest BCUT2D eigenvalue weighted by molar-refractivity contribution is 7.25. The lowest BCUT2D eigenvalue weighted by atomic mass is 10.1. The second kappa shape index (κ2) is 3.98. The van der Waals surface area contributed by atoms with Gasteiger partial charge in [-0.25, -0.2) is 0 Å². The Morgan fingerprint density at radius 3 is 2.33 bits per heavy atom. The minimum Gasteiger partial charge on any atom is -0.480 e. The van der Waals surface area contributed by atoms with E-state index in [4.69, 9.17) is 5.11 Å². The number of carboxylic acid groups (broad SMARTS) is 1. The van der Waals surface area contributed by atoms with Crippen LogP contribution in [0.1, 0.15) is 11.2 Å². The van der Waals surface area contributed by atoms with Gasteiger partial charge < -0.3 is 5.11 Å². The summed E-state index contributed by atoms with van der Waals surface area (Å²) in [6.45, 7) is 0. The minimum absolute atomic E-state index is 0.381. The van der Waals surface area contributed by atoms with Crippen LogP contribution < -0.4 is 0 Å². The lowest BCUT2D eigenvalue weighted by Crippen LogP contribution is -2.04. The van der Waals surface area contributed by atoms with Gasteiger partial charge in [-0.15, -0.1) is 0 Å². The van der Waals surface area contributed by atoms with E-state index in [0.717, 1.165) is 0 Å². The first kappa shape index (κ1) is 8.88. The number of carboxylic acids is 1. The van der Waals surface area contributed by atoms with E-state index in [9.17, 15) is 9.36 Å². The van der Waals surface area contributed by atoms with E-state index in [1.165, 1.54) is 0 Å². The van der Waals surface area contributed by atoms with Crippen LogP contribution in [0, 0.1) is 0 Å². The average Bonchev–Trinajstić information content (AvgIpc) is 2.07. The fraction of sp³-hybridized carbons (Fsp3) is 0.125.